The van der Waals surface area contributed by atoms with Gasteiger partial charge in [0.2, 0.25) is 11.7 Å². The van der Waals surface area contributed by atoms with Crippen molar-refractivity contribution in [2.24, 2.45) is 0 Å². The highest BCUT2D eigenvalue weighted by atomic mass is 35.5. The molecule has 2 aliphatic heterocycles. The number of carbonyl (C=O) groups is 1. The third kappa shape index (κ3) is 3.77. The third-order valence-corrected chi connectivity index (χ3v) is 5.13. The van der Waals surface area contributed by atoms with Crippen molar-refractivity contribution in [3.05, 3.63) is 41.8 Å². The number of amides is 1. The lowest BCUT2D eigenvalue weighted by Crippen LogP contribution is -2.49. The number of aromatic nitrogens is 1. The molecule has 4 rings (SSSR count). The Kier molecular flexibility index (Phi) is 5.96. The number of hydrogen-bond donors (Lipinski definition) is 1. The number of aryl methyl sites for hydroxylation is 1. The second kappa shape index (κ2) is 8.20. The Labute approximate surface area is 160 Å². The van der Waals surface area contributed by atoms with Gasteiger partial charge in [0.15, 0.2) is 0 Å². The van der Waals surface area contributed by atoms with Gasteiger partial charge in [-0.1, -0.05) is 18.2 Å². The first kappa shape index (κ1) is 18.9. The summed E-state index contributed by atoms with van der Waals surface area (Å²) in [6, 6.07) is 10.2. The maximum Gasteiger partial charge on any atom is 0.291 e. The summed E-state index contributed by atoms with van der Waals surface area (Å²) in [5.41, 5.74) is 1.55. The minimum Gasteiger partial charge on any atom is -0.431 e. The Hall–Kier alpha value is -1.89. The minimum atomic E-state index is -0.0372. The molecule has 2 saturated heterocycles. The summed E-state index contributed by atoms with van der Waals surface area (Å²) in [6.45, 7) is 7.59. The van der Waals surface area contributed by atoms with E-state index in [-0.39, 0.29) is 18.3 Å². The second-order valence-corrected chi connectivity index (χ2v) is 6.78. The van der Waals surface area contributed by atoms with Gasteiger partial charge in [-0.05, 0) is 25.5 Å². The van der Waals surface area contributed by atoms with Crippen molar-refractivity contribution in [1.82, 2.24) is 20.1 Å². The van der Waals surface area contributed by atoms with E-state index in [0.29, 0.717) is 23.4 Å². The molecule has 2 aromatic rings. The van der Waals surface area contributed by atoms with Crippen LogP contribution in [0.2, 0.25) is 0 Å². The molecule has 6 nitrogen and oxygen atoms in total. The van der Waals surface area contributed by atoms with Crippen molar-refractivity contribution >= 4 is 18.3 Å². The second-order valence-electron chi connectivity index (χ2n) is 6.78. The molecule has 0 bridgehead atoms. The van der Waals surface area contributed by atoms with Crippen LogP contribution in [-0.4, -0.2) is 66.0 Å². The maximum atomic E-state index is 12.9. The smallest absolute Gasteiger partial charge is 0.291 e. The molecule has 1 aromatic carbocycles. The number of piperazine rings is 1. The van der Waals surface area contributed by atoms with Gasteiger partial charge in [-0.15, -0.1) is 12.4 Å². The van der Waals surface area contributed by atoms with Crippen LogP contribution in [0.4, 0.5) is 0 Å². The predicted octanol–water partition coefficient (Wildman–Crippen LogP) is 2.19. The maximum absolute atomic E-state index is 12.9. The van der Waals surface area contributed by atoms with Gasteiger partial charge >= 0.3 is 0 Å². The Morgan fingerprint density at radius 1 is 1.19 bits per heavy atom. The fraction of sp³-hybridized carbons (Fsp3) is 0.474. The van der Waals surface area contributed by atoms with E-state index in [9.17, 15) is 4.79 Å². The number of carbonyl (C=O) groups excluding carboxylic acids is 1. The van der Waals surface area contributed by atoms with Gasteiger partial charge in [-0.25, -0.2) is 4.98 Å². The van der Waals surface area contributed by atoms with Crippen LogP contribution >= 0.6 is 12.4 Å². The van der Waals surface area contributed by atoms with Gasteiger partial charge in [0.05, 0.1) is 5.69 Å². The fourth-order valence-electron chi connectivity index (χ4n) is 3.71. The summed E-state index contributed by atoms with van der Waals surface area (Å²) in [7, 11) is 0. The molecular formula is C19H25ClN4O2. The van der Waals surface area contributed by atoms with Crippen molar-refractivity contribution in [3.63, 3.8) is 0 Å². The third-order valence-electron chi connectivity index (χ3n) is 5.13. The first-order valence-electron chi connectivity index (χ1n) is 8.99. The number of nitrogens with zero attached hydrogens (tertiary/aromatic N) is 3. The molecule has 1 unspecified atom stereocenters. The molecule has 1 N–H and O–H groups in total. The van der Waals surface area contributed by atoms with Crippen molar-refractivity contribution in [3.8, 4) is 11.5 Å². The Balaban J connectivity index is 0.00000196. The van der Waals surface area contributed by atoms with E-state index in [1.54, 1.807) is 0 Å². The van der Waals surface area contributed by atoms with Crippen LogP contribution < -0.4 is 5.32 Å². The normalized spacial score (nSPS) is 20.8. The zero-order chi connectivity index (χ0) is 17.2. The molecule has 0 spiro atoms. The number of likely N-dealkylation sites (tertiary alicyclic amines) is 1. The lowest BCUT2D eigenvalue weighted by Gasteiger charge is -2.32. The van der Waals surface area contributed by atoms with Gasteiger partial charge in [-0.3, -0.25) is 9.69 Å². The molecular weight excluding hydrogens is 352 g/mol. The van der Waals surface area contributed by atoms with Crippen molar-refractivity contribution in [2.45, 2.75) is 19.4 Å². The summed E-state index contributed by atoms with van der Waals surface area (Å²) in [5, 5.41) is 3.38. The minimum absolute atomic E-state index is 0. The number of oxazole rings is 1. The van der Waals surface area contributed by atoms with Gasteiger partial charge in [0.25, 0.3) is 5.91 Å². The topological polar surface area (TPSA) is 61.6 Å². The fourth-order valence-corrected chi connectivity index (χ4v) is 3.71. The standard InChI is InChI=1S/C19H24N4O2.ClH/c1-14-17(25-18(21-14)15-5-3-2-4-6-15)19(24)23-10-7-16(13-23)22-11-8-20-9-12-22;/h2-6,16,20H,7-13H2,1H3;1H. The molecule has 3 heterocycles. The van der Waals surface area contributed by atoms with E-state index in [2.05, 4.69) is 15.2 Å². The van der Waals surface area contributed by atoms with Crippen LogP contribution in [0.15, 0.2) is 34.7 Å². The summed E-state index contributed by atoms with van der Waals surface area (Å²) in [6.07, 6.45) is 1.03. The molecule has 0 aliphatic carbocycles. The van der Waals surface area contributed by atoms with Gasteiger partial charge < -0.3 is 14.6 Å². The Bertz CT molecular complexity index is 743. The highest BCUT2D eigenvalue weighted by Crippen LogP contribution is 2.24. The van der Waals surface area contributed by atoms with Gasteiger partial charge in [0, 0.05) is 50.9 Å². The molecule has 1 aromatic heterocycles. The molecule has 1 amide bonds. The van der Waals surface area contributed by atoms with E-state index in [4.69, 9.17) is 4.42 Å². The lowest BCUT2D eigenvalue weighted by atomic mass is 10.2. The van der Waals surface area contributed by atoms with Crippen LogP contribution in [0.3, 0.4) is 0 Å². The number of rotatable bonds is 3. The quantitative estimate of drug-likeness (QED) is 0.889. The molecule has 7 heteroatoms. The molecule has 140 valence electrons. The Morgan fingerprint density at radius 2 is 1.92 bits per heavy atom. The summed E-state index contributed by atoms with van der Waals surface area (Å²) >= 11 is 0. The molecule has 26 heavy (non-hydrogen) atoms. The zero-order valence-corrected chi connectivity index (χ0v) is 15.8. The lowest BCUT2D eigenvalue weighted by molar-refractivity contribution is 0.0742. The van der Waals surface area contributed by atoms with E-state index < -0.39 is 0 Å². The molecule has 2 fully saturated rings. The number of halogens is 1. The van der Waals surface area contributed by atoms with Crippen molar-refractivity contribution in [2.75, 3.05) is 39.3 Å². The molecule has 0 radical (unpaired) electrons. The van der Waals surface area contributed by atoms with Crippen molar-refractivity contribution < 1.29 is 9.21 Å². The number of benzene rings is 1. The van der Waals surface area contributed by atoms with Gasteiger partial charge in [0.1, 0.15) is 0 Å². The van der Waals surface area contributed by atoms with Crippen LogP contribution in [0, 0.1) is 6.92 Å². The molecule has 2 aliphatic rings. The van der Waals surface area contributed by atoms with Crippen LogP contribution in [0.1, 0.15) is 22.7 Å². The Morgan fingerprint density at radius 3 is 2.65 bits per heavy atom. The summed E-state index contributed by atoms with van der Waals surface area (Å²) < 4.78 is 5.83. The number of nitrogens with one attached hydrogen (secondary N) is 1. The zero-order valence-electron chi connectivity index (χ0n) is 15.0. The monoisotopic (exact) mass is 376 g/mol. The highest BCUT2D eigenvalue weighted by molar-refractivity contribution is 5.93. The average molecular weight is 377 g/mol. The van der Waals surface area contributed by atoms with E-state index in [1.165, 1.54) is 0 Å². The molecule has 0 saturated carbocycles. The van der Waals surface area contributed by atoms with E-state index in [0.717, 1.165) is 51.3 Å². The summed E-state index contributed by atoms with van der Waals surface area (Å²) in [4.78, 5) is 21.8. The van der Waals surface area contributed by atoms with Crippen LogP contribution in [-0.2, 0) is 0 Å². The first-order valence-corrected chi connectivity index (χ1v) is 8.99. The molecule has 1 atom stereocenters. The van der Waals surface area contributed by atoms with Crippen molar-refractivity contribution in [1.29, 1.82) is 0 Å². The van der Waals surface area contributed by atoms with E-state index >= 15 is 0 Å². The average Bonchev–Trinajstić information content (AvgIpc) is 3.30. The largest absolute Gasteiger partial charge is 0.431 e. The van der Waals surface area contributed by atoms with Crippen LogP contribution in [0.5, 0.6) is 0 Å². The van der Waals surface area contributed by atoms with Crippen LogP contribution in [0.25, 0.3) is 11.5 Å². The van der Waals surface area contributed by atoms with Gasteiger partial charge in [-0.2, -0.15) is 0 Å². The predicted molar refractivity (Wildman–Crippen MR) is 103 cm³/mol. The first-order chi connectivity index (χ1) is 12.2. The highest BCUT2D eigenvalue weighted by Gasteiger charge is 2.33. The van der Waals surface area contributed by atoms with E-state index in [1.807, 2.05) is 42.2 Å². The number of hydrogen-bond acceptors (Lipinski definition) is 5. The summed E-state index contributed by atoms with van der Waals surface area (Å²) in [5.74, 6) is 0.851. The SMILES string of the molecule is Cc1nc(-c2ccccc2)oc1C(=O)N1CCC(N2CCNCC2)C1.Cl.